The normalized spacial score (nSPS) is 28.6. The fraction of sp³-hybridized carbons (Fsp3) is 0.545. The van der Waals surface area contributed by atoms with E-state index < -0.39 is 5.41 Å². The molecule has 0 aromatic carbocycles. The molecule has 6 heteroatoms. The van der Waals surface area contributed by atoms with E-state index >= 15 is 0 Å². The Morgan fingerprint density at radius 2 is 2.41 bits per heavy atom. The standard InChI is InChI=1S/C11H12N2O3S/c14-9-5-11(2-4-17-7-11)10(15)13(9)6-8-1-3-16-12-8/h1,3H,2,4-7H2/t11-/m0/s1. The van der Waals surface area contributed by atoms with Gasteiger partial charge in [0.1, 0.15) is 12.0 Å². The first kappa shape index (κ1) is 10.8. The lowest BCUT2D eigenvalue weighted by molar-refractivity contribution is -0.141. The lowest BCUT2D eigenvalue weighted by atomic mass is 9.86. The minimum atomic E-state index is -0.425. The van der Waals surface area contributed by atoms with E-state index in [0.29, 0.717) is 12.1 Å². The second-order valence-electron chi connectivity index (χ2n) is 4.54. The minimum absolute atomic E-state index is 0.0319. The Bertz CT molecular complexity index is 451. The number of amides is 2. The first-order valence-corrected chi connectivity index (χ1v) is 6.69. The van der Waals surface area contributed by atoms with Crippen molar-refractivity contribution in [2.24, 2.45) is 5.41 Å². The van der Waals surface area contributed by atoms with E-state index in [0.717, 1.165) is 17.9 Å². The number of rotatable bonds is 2. The number of carbonyl (C=O) groups excluding carboxylic acids is 2. The summed E-state index contributed by atoms with van der Waals surface area (Å²) in [5.41, 5.74) is 0.195. The van der Waals surface area contributed by atoms with Crippen LogP contribution in [-0.4, -0.2) is 33.4 Å². The van der Waals surface area contributed by atoms with E-state index in [1.807, 2.05) is 0 Å². The molecule has 0 unspecified atom stereocenters. The number of aromatic nitrogens is 1. The first-order chi connectivity index (χ1) is 8.21. The van der Waals surface area contributed by atoms with Gasteiger partial charge >= 0.3 is 0 Å². The van der Waals surface area contributed by atoms with Gasteiger partial charge in [0, 0.05) is 18.2 Å². The smallest absolute Gasteiger partial charge is 0.237 e. The minimum Gasteiger partial charge on any atom is -0.364 e. The van der Waals surface area contributed by atoms with E-state index in [9.17, 15) is 9.59 Å². The summed E-state index contributed by atoms with van der Waals surface area (Å²) in [5, 5.41) is 3.74. The van der Waals surface area contributed by atoms with Gasteiger partial charge in [-0.25, -0.2) is 0 Å². The van der Waals surface area contributed by atoms with Crippen molar-refractivity contribution in [1.29, 1.82) is 0 Å². The number of imide groups is 1. The molecule has 0 radical (unpaired) electrons. The summed E-state index contributed by atoms with van der Waals surface area (Å²) in [6, 6.07) is 1.68. The molecule has 2 fully saturated rings. The zero-order valence-corrected chi connectivity index (χ0v) is 10.0. The maximum absolute atomic E-state index is 12.3. The summed E-state index contributed by atoms with van der Waals surface area (Å²) >= 11 is 1.75. The maximum Gasteiger partial charge on any atom is 0.237 e. The molecule has 1 aromatic rings. The summed E-state index contributed by atoms with van der Waals surface area (Å²) in [6.45, 7) is 0.237. The quantitative estimate of drug-likeness (QED) is 0.736. The molecule has 17 heavy (non-hydrogen) atoms. The lowest BCUT2D eigenvalue weighted by Gasteiger charge is -2.19. The van der Waals surface area contributed by atoms with E-state index in [2.05, 4.69) is 5.16 Å². The molecule has 0 saturated carbocycles. The average molecular weight is 252 g/mol. The molecule has 0 bridgehead atoms. The highest BCUT2D eigenvalue weighted by atomic mass is 32.2. The molecule has 5 nitrogen and oxygen atoms in total. The fourth-order valence-electron chi connectivity index (χ4n) is 2.42. The van der Waals surface area contributed by atoms with Crippen LogP contribution in [0.25, 0.3) is 0 Å². The number of thioether (sulfide) groups is 1. The zero-order chi connectivity index (χ0) is 11.9. The van der Waals surface area contributed by atoms with Crippen molar-refractivity contribution in [3.05, 3.63) is 18.0 Å². The van der Waals surface area contributed by atoms with Crippen LogP contribution in [0, 0.1) is 5.41 Å². The van der Waals surface area contributed by atoms with Crippen LogP contribution in [0.3, 0.4) is 0 Å². The van der Waals surface area contributed by atoms with Crippen molar-refractivity contribution in [3.8, 4) is 0 Å². The molecule has 2 saturated heterocycles. The molecule has 0 aliphatic carbocycles. The molecule has 0 N–H and O–H groups in total. The predicted octanol–water partition coefficient (Wildman–Crippen LogP) is 1.06. The lowest BCUT2D eigenvalue weighted by Crippen LogP contribution is -2.35. The molecular formula is C11H12N2O3S. The molecule has 90 valence electrons. The number of hydrogen-bond acceptors (Lipinski definition) is 5. The third-order valence-electron chi connectivity index (χ3n) is 3.40. The van der Waals surface area contributed by atoms with Gasteiger partial charge < -0.3 is 4.52 Å². The summed E-state index contributed by atoms with van der Waals surface area (Å²) in [7, 11) is 0. The van der Waals surface area contributed by atoms with Crippen molar-refractivity contribution < 1.29 is 14.1 Å². The van der Waals surface area contributed by atoms with E-state index in [1.54, 1.807) is 17.8 Å². The Hall–Kier alpha value is -1.30. The summed E-state index contributed by atoms with van der Waals surface area (Å²) in [6.07, 6.45) is 2.62. The number of hydrogen-bond donors (Lipinski definition) is 0. The van der Waals surface area contributed by atoms with Crippen molar-refractivity contribution in [2.75, 3.05) is 11.5 Å². The van der Waals surface area contributed by atoms with Crippen molar-refractivity contribution in [3.63, 3.8) is 0 Å². The third-order valence-corrected chi connectivity index (χ3v) is 4.65. The largest absolute Gasteiger partial charge is 0.364 e. The highest BCUT2D eigenvalue weighted by molar-refractivity contribution is 7.99. The number of nitrogens with zero attached hydrogens (tertiary/aromatic N) is 2. The first-order valence-electron chi connectivity index (χ1n) is 5.53. The van der Waals surface area contributed by atoms with Crippen molar-refractivity contribution >= 4 is 23.6 Å². The van der Waals surface area contributed by atoms with Crippen molar-refractivity contribution in [2.45, 2.75) is 19.4 Å². The summed E-state index contributed by atoms with van der Waals surface area (Å²) in [4.78, 5) is 25.5. The van der Waals surface area contributed by atoms with Gasteiger partial charge in [0.15, 0.2) is 0 Å². The van der Waals surface area contributed by atoms with E-state index in [1.165, 1.54) is 11.2 Å². The molecule has 1 aromatic heterocycles. The average Bonchev–Trinajstić information content (AvgIpc) is 2.99. The maximum atomic E-state index is 12.3. The topological polar surface area (TPSA) is 63.4 Å². The van der Waals surface area contributed by atoms with Crippen LogP contribution in [-0.2, 0) is 16.1 Å². The van der Waals surface area contributed by atoms with Crippen LogP contribution in [0.4, 0.5) is 0 Å². The molecule has 3 rings (SSSR count). The van der Waals surface area contributed by atoms with Crippen molar-refractivity contribution in [1.82, 2.24) is 10.1 Å². The second-order valence-corrected chi connectivity index (χ2v) is 5.64. The zero-order valence-electron chi connectivity index (χ0n) is 9.22. The Morgan fingerprint density at radius 3 is 3.06 bits per heavy atom. The van der Waals surface area contributed by atoms with Crippen LogP contribution in [0.15, 0.2) is 16.9 Å². The molecular weight excluding hydrogens is 240 g/mol. The highest BCUT2D eigenvalue weighted by Crippen LogP contribution is 2.45. The molecule has 2 amide bonds. The van der Waals surface area contributed by atoms with Gasteiger partial charge in [0.2, 0.25) is 11.8 Å². The molecule has 2 aliphatic heterocycles. The number of carbonyl (C=O) groups is 2. The van der Waals surface area contributed by atoms with Crippen LogP contribution in [0.1, 0.15) is 18.5 Å². The van der Waals surface area contributed by atoms with E-state index in [4.69, 9.17) is 4.52 Å². The molecule has 3 heterocycles. The van der Waals surface area contributed by atoms with Gasteiger partial charge in [0.05, 0.1) is 12.0 Å². The van der Waals surface area contributed by atoms with Gasteiger partial charge in [-0.05, 0) is 12.2 Å². The number of likely N-dealkylation sites (tertiary alicyclic amines) is 1. The molecule has 1 atom stereocenters. The van der Waals surface area contributed by atoms with Crippen LogP contribution in [0.5, 0.6) is 0 Å². The van der Waals surface area contributed by atoms with Crippen LogP contribution in [0.2, 0.25) is 0 Å². The Morgan fingerprint density at radius 1 is 1.53 bits per heavy atom. The van der Waals surface area contributed by atoms with E-state index in [-0.39, 0.29) is 18.4 Å². The van der Waals surface area contributed by atoms with Gasteiger partial charge in [0.25, 0.3) is 0 Å². The molecule has 1 spiro atoms. The second kappa shape index (κ2) is 3.87. The van der Waals surface area contributed by atoms with Crippen LogP contribution >= 0.6 is 11.8 Å². The van der Waals surface area contributed by atoms with Gasteiger partial charge in [-0.15, -0.1) is 0 Å². The predicted molar refractivity (Wildman–Crippen MR) is 61.1 cm³/mol. The monoisotopic (exact) mass is 252 g/mol. The SMILES string of the molecule is O=C1C[C@]2(CCSC2)C(=O)N1Cc1ccon1. The van der Waals surface area contributed by atoms with Gasteiger partial charge in [-0.3, -0.25) is 14.5 Å². The Balaban J connectivity index is 1.82. The summed E-state index contributed by atoms with van der Waals surface area (Å²) in [5.74, 6) is 1.62. The van der Waals surface area contributed by atoms with Gasteiger partial charge in [-0.1, -0.05) is 5.16 Å². The summed E-state index contributed by atoms with van der Waals surface area (Å²) < 4.78 is 4.71. The Labute approximate surface area is 103 Å². The fourth-order valence-corrected chi connectivity index (χ4v) is 3.86. The van der Waals surface area contributed by atoms with Gasteiger partial charge in [-0.2, -0.15) is 11.8 Å². The van der Waals surface area contributed by atoms with Crippen LogP contribution < -0.4 is 0 Å². The Kier molecular flexibility index (Phi) is 2.47. The molecule has 2 aliphatic rings. The third kappa shape index (κ3) is 1.67. The highest BCUT2D eigenvalue weighted by Gasteiger charge is 2.53.